The zero-order valence-electron chi connectivity index (χ0n) is 15.1. The van der Waals surface area contributed by atoms with Crippen molar-refractivity contribution in [2.75, 3.05) is 19.5 Å². The molecule has 2 aromatic carbocycles. The van der Waals surface area contributed by atoms with Gasteiger partial charge < -0.3 is 13.7 Å². The van der Waals surface area contributed by atoms with Gasteiger partial charge in [0.1, 0.15) is 11.5 Å². The molecule has 0 N–H and O–H groups in total. The van der Waals surface area contributed by atoms with Gasteiger partial charge in [-0.1, -0.05) is 24.3 Å². The van der Waals surface area contributed by atoms with Crippen LogP contribution in [-0.2, 0) is 21.3 Å². The van der Waals surface area contributed by atoms with Crippen LogP contribution < -0.4 is 8.92 Å². The van der Waals surface area contributed by atoms with Crippen molar-refractivity contribution in [3.05, 3.63) is 73.0 Å². The van der Waals surface area contributed by atoms with Crippen molar-refractivity contribution in [2.45, 2.75) is 19.4 Å². The van der Waals surface area contributed by atoms with E-state index in [2.05, 4.69) is 6.92 Å². The van der Waals surface area contributed by atoms with Crippen LogP contribution in [0.2, 0.25) is 0 Å². The first-order chi connectivity index (χ1) is 12.4. The predicted octanol–water partition coefficient (Wildman–Crippen LogP) is 3.44. The van der Waals surface area contributed by atoms with E-state index in [4.69, 9.17) is 13.7 Å². The molecule has 0 bridgehead atoms. The number of rotatable bonds is 10. The second-order valence-corrected chi connectivity index (χ2v) is 7.33. The Hall–Kier alpha value is -2.05. The molecular formula is C20H24O5S. The summed E-state index contributed by atoms with van der Waals surface area (Å²) in [6.07, 6.45) is 3.51. The van der Waals surface area contributed by atoms with Crippen LogP contribution in [0.5, 0.6) is 11.5 Å². The fourth-order valence-corrected chi connectivity index (χ4v) is 2.79. The molecule has 0 heterocycles. The van der Waals surface area contributed by atoms with Gasteiger partial charge in [0, 0.05) is 19.4 Å². The van der Waals surface area contributed by atoms with Crippen LogP contribution in [0.1, 0.15) is 18.1 Å². The predicted molar refractivity (Wildman–Crippen MR) is 102 cm³/mol. The molecule has 0 aliphatic rings. The number of benzene rings is 2. The maximum atomic E-state index is 11.1. The zero-order valence-corrected chi connectivity index (χ0v) is 15.9. The lowest BCUT2D eigenvalue weighted by molar-refractivity contribution is 0.118. The Morgan fingerprint density at radius 1 is 1.04 bits per heavy atom. The lowest BCUT2D eigenvalue weighted by atomic mass is 10.1. The SMILES string of the molecule is [CH2][C@@H]([CH]c1ccc(OCCc2ccc(OS(C)(=O)=O)cc2)cc1)OCC. The quantitative estimate of drug-likeness (QED) is 0.595. The highest BCUT2D eigenvalue weighted by Gasteiger charge is 2.05. The molecule has 6 heteroatoms. The Labute approximate surface area is 156 Å². The molecule has 0 spiro atoms. The summed E-state index contributed by atoms with van der Waals surface area (Å²) in [5, 5.41) is 0. The first kappa shape index (κ1) is 20.3. The van der Waals surface area contributed by atoms with Crippen LogP contribution in [0.4, 0.5) is 0 Å². The minimum Gasteiger partial charge on any atom is -0.493 e. The molecule has 2 rings (SSSR count). The van der Waals surface area contributed by atoms with Crippen molar-refractivity contribution in [1.29, 1.82) is 0 Å². The lowest BCUT2D eigenvalue weighted by Crippen LogP contribution is -2.09. The third kappa shape index (κ3) is 7.45. The summed E-state index contributed by atoms with van der Waals surface area (Å²) in [6, 6.07) is 14.7. The minimum absolute atomic E-state index is 0.165. The molecule has 0 unspecified atom stereocenters. The van der Waals surface area contributed by atoms with Gasteiger partial charge in [-0.2, -0.15) is 8.42 Å². The van der Waals surface area contributed by atoms with Gasteiger partial charge in [-0.05, 0) is 49.2 Å². The van der Waals surface area contributed by atoms with E-state index in [1.54, 1.807) is 12.1 Å². The third-order valence-corrected chi connectivity index (χ3v) is 3.96. The smallest absolute Gasteiger partial charge is 0.306 e. The Bertz CT molecular complexity index is 767. The first-order valence-electron chi connectivity index (χ1n) is 8.36. The van der Waals surface area contributed by atoms with E-state index in [-0.39, 0.29) is 6.10 Å². The van der Waals surface area contributed by atoms with Crippen molar-refractivity contribution in [3.8, 4) is 11.5 Å². The number of hydrogen-bond donors (Lipinski definition) is 0. The average molecular weight is 376 g/mol. The molecule has 140 valence electrons. The molecule has 0 saturated heterocycles. The molecule has 26 heavy (non-hydrogen) atoms. The van der Waals surface area contributed by atoms with E-state index in [9.17, 15) is 8.42 Å². The molecule has 0 aliphatic heterocycles. The second kappa shape index (κ2) is 9.59. The maximum Gasteiger partial charge on any atom is 0.306 e. The molecular weight excluding hydrogens is 352 g/mol. The standard InChI is InChI=1S/C20H24O5S/c1-4-23-16(2)15-18-7-9-19(10-8-18)24-14-13-17-5-11-20(12-6-17)25-26(3,21)22/h5-12,15-16H,2,4,13-14H2,1,3H3/t16-/m0/s1. The molecule has 5 nitrogen and oxygen atoms in total. The zero-order chi connectivity index (χ0) is 19.0. The van der Waals surface area contributed by atoms with Crippen molar-refractivity contribution in [2.24, 2.45) is 0 Å². The van der Waals surface area contributed by atoms with Crippen LogP contribution in [0.15, 0.2) is 48.5 Å². The highest BCUT2D eigenvalue weighted by atomic mass is 32.2. The molecule has 2 radical (unpaired) electrons. The summed E-state index contributed by atoms with van der Waals surface area (Å²) in [7, 11) is -3.50. The van der Waals surface area contributed by atoms with Crippen molar-refractivity contribution in [1.82, 2.24) is 0 Å². The summed E-state index contributed by atoms with van der Waals surface area (Å²) in [5.74, 6) is 1.09. The van der Waals surface area contributed by atoms with Crippen molar-refractivity contribution in [3.63, 3.8) is 0 Å². The Kier molecular flexibility index (Phi) is 7.48. The summed E-state index contributed by atoms with van der Waals surface area (Å²) in [4.78, 5) is 0. The van der Waals surface area contributed by atoms with Crippen LogP contribution in [0.25, 0.3) is 0 Å². The van der Waals surface area contributed by atoms with Gasteiger partial charge in [0.2, 0.25) is 0 Å². The Balaban J connectivity index is 1.78. The van der Waals surface area contributed by atoms with Gasteiger partial charge in [-0.25, -0.2) is 0 Å². The Morgan fingerprint density at radius 3 is 2.23 bits per heavy atom. The highest BCUT2D eigenvalue weighted by molar-refractivity contribution is 7.86. The topological polar surface area (TPSA) is 61.8 Å². The summed E-state index contributed by atoms with van der Waals surface area (Å²) < 4.78 is 38.1. The van der Waals surface area contributed by atoms with Gasteiger partial charge >= 0.3 is 10.1 Å². The molecule has 0 saturated carbocycles. The first-order valence-corrected chi connectivity index (χ1v) is 10.2. The van der Waals surface area contributed by atoms with E-state index in [0.29, 0.717) is 25.4 Å². The average Bonchev–Trinajstić information content (AvgIpc) is 2.57. The van der Waals surface area contributed by atoms with E-state index in [0.717, 1.165) is 23.1 Å². The normalized spacial score (nSPS) is 12.6. The largest absolute Gasteiger partial charge is 0.493 e. The lowest BCUT2D eigenvalue weighted by Gasteiger charge is -2.11. The van der Waals surface area contributed by atoms with Crippen LogP contribution in [0.3, 0.4) is 0 Å². The van der Waals surface area contributed by atoms with Crippen LogP contribution >= 0.6 is 0 Å². The summed E-state index contributed by atoms with van der Waals surface area (Å²) >= 11 is 0. The van der Waals surface area contributed by atoms with E-state index < -0.39 is 10.1 Å². The maximum absolute atomic E-state index is 11.1. The highest BCUT2D eigenvalue weighted by Crippen LogP contribution is 2.17. The molecule has 0 aliphatic carbocycles. The summed E-state index contributed by atoms with van der Waals surface area (Å²) in [6.45, 7) is 6.99. The molecule has 2 aromatic rings. The fourth-order valence-electron chi connectivity index (χ4n) is 2.33. The molecule has 0 amide bonds. The van der Waals surface area contributed by atoms with Crippen molar-refractivity contribution < 1.29 is 22.1 Å². The van der Waals surface area contributed by atoms with Gasteiger partial charge in [0.05, 0.1) is 19.0 Å². The molecule has 1 atom stereocenters. The fraction of sp³-hybridized carbons (Fsp3) is 0.300. The summed E-state index contributed by atoms with van der Waals surface area (Å²) in [5.41, 5.74) is 2.07. The Morgan fingerprint density at radius 2 is 1.65 bits per heavy atom. The number of hydrogen-bond acceptors (Lipinski definition) is 5. The van der Waals surface area contributed by atoms with Gasteiger partial charge in [0.25, 0.3) is 0 Å². The van der Waals surface area contributed by atoms with E-state index in [1.807, 2.05) is 49.7 Å². The minimum atomic E-state index is -3.50. The number of ether oxygens (including phenoxy) is 2. The molecule has 0 fully saturated rings. The third-order valence-electron chi connectivity index (χ3n) is 3.47. The van der Waals surface area contributed by atoms with Gasteiger partial charge in [-0.15, -0.1) is 0 Å². The van der Waals surface area contributed by atoms with Gasteiger partial charge in [0.15, 0.2) is 0 Å². The van der Waals surface area contributed by atoms with Crippen LogP contribution in [0, 0.1) is 13.3 Å². The van der Waals surface area contributed by atoms with E-state index >= 15 is 0 Å². The monoisotopic (exact) mass is 376 g/mol. The van der Waals surface area contributed by atoms with E-state index in [1.165, 1.54) is 0 Å². The van der Waals surface area contributed by atoms with Gasteiger partial charge in [-0.3, -0.25) is 0 Å². The van der Waals surface area contributed by atoms with Crippen LogP contribution in [-0.4, -0.2) is 34.0 Å². The second-order valence-electron chi connectivity index (χ2n) is 5.76. The molecule has 0 aromatic heterocycles. The van der Waals surface area contributed by atoms with Crippen molar-refractivity contribution >= 4 is 10.1 Å².